The second-order valence-corrected chi connectivity index (χ2v) is 5.86. The molecule has 0 saturated carbocycles. The van der Waals surface area contributed by atoms with E-state index in [1.807, 2.05) is 20.8 Å². The minimum atomic E-state index is -3.45. The molecular weight excluding hydrogens is 234 g/mol. The van der Waals surface area contributed by atoms with Gasteiger partial charge in [0.25, 0.3) is 0 Å². The predicted octanol–water partition coefficient (Wildman–Crippen LogP) is 1.42. The van der Waals surface area contributed by atoms with E-state index in [1.54, 1.807) is 0 Å². The second kappa shape index (κ2) is 4.91. The van der Waals surface area contributed by atoms with Gasteiger partial charge in [0, 0.05) is 11.4 Å². The van der Waals surface area contributed by atoms with E-state index < -0.39 is 10.2 Å². The Morgan fingerprint density at radius 1 is 1.40 bits per heavy atom. The molecule has 1 aromatic heterocycles. The highest BCUT2D eigenvalue weighted by atomic mass is 32.2. The topological polar surface area (TPSA) is 71.1 Å². The summed E-state index contributed by atoms with van der Waals surface area (Å²) in [5.74, 6) is 0. The van der Waals surface area contributed by atoms with Crippen molar-refractivity contribution in [2.45, 2.75) is 27.2 Å². The third-order valence-corrected chi connectivity index (χ3v) is 3.96. The van der Waals surface area contributed by atoms with Crippen LogP contribution in [0.4, 0.5) is 5.13 Å². The van der Waals surface area contributed by atoms with Gasteiger partial charge in [-0.1, -0.05) is 6.92 Å². The fourth-order valence-electron chi connectivity index (χ4n) is 0.904. The van der Waals surface area contributed by atoms with Crippen LogP contribution in [0.5, 0.6) is 0 Å². The highest BCUT2D eigenvalue weighted by Gasteiger charge is 2.11. The molecule has 0 aromatic carbocycles. The minimum absolute atomic E-state index is 0.411. The third kappa shape index (κ3) is 3.77. The molecule has 0 bridgehead atoms. The molecule has 1 heterocycles. The van der Waals surface area contributed by atoms with Gasteiger partial charge in [-0.15, -0.1) is 11.3 Å². The smallest absolute Gasteiger partial charge is 0.246 e. The van der Waals surface area contributed by atoms with E-state index in [0.29, 0.717) is 11.7 Å². The van der Waals surface area contributed by atoms with Crippen molar-refractivity contribution in [1.82, 2.24) is 9.71 Å². The summed E-state index contributed by atoms with van der Waals surface area (Å²) in [7, 11) is -3.45. The van der Waals surface area contributed by atoms with Gasteiger partial charge in [-0.3, -0.25) is 0 Å². The number of rotatable bonds is 5. The summed E-state index contributed by atoms with van der Waals surface area (Å²) in [5.41, 5.74) is 0.855. The van der Waals surface area contributed by atoms with Crippen molar-refractivity contribution in [1.29, 1.82) is 0 Å². The summed E-state index contributed by atoms with van der Waals surface area (Å²) in [6.07, 6.45) is 0.761. The Morgan fingerprint density at radius 3 is 2.53 bits per heavy atom. The number of nitrogens with one attached hydrogen (secondary N) is 2. The van der Waals surface area contributed by atoms with Gasteiger partial charge < -0.3 is 0 Å². The number of hydrogen-bond donors (Lipinski definition) is 2. The number of aromatic nitrogens is 1. The van der Waals surface area contributed by atoms with Crippen molar-refractivity contribution in [2.24, 2.45) is 0 Å². The molecule has 0 saturated heterocycles. The molecule has 0 aliphatic rings. The molecule has 7 heteroatoms. The molecule has 1 aromatic rings. The lowest BCUT2D eigenvalue weighted by atomic mass is 10.4. The first kappa shape index (κ1) is 12.4. The molecule has 0 unspecified atom stereocenters. The molecule has 2 N–H and O–H groups in total. The number of anilines is 1. The van der Waals surface area contributed by atoms with E-state index in [4.69, 9.17) is 0 Å². The molecule has 0 aliphatic heterocycles. The summed E-state index contributed by atoms with van der Waals surface area (Å²) < 4.78 is 27.6. The first-order chi connectivity index (χ1) is 6.94. The molecule has 1 rings (SSSR count). The van der Waals surface area contributed by atoms with Gasteiger partial charge in [0.15, 0.2) is 5.13 Å². The minimum Gasteiger partial charge on any atom is -0.246 e. The van der Waals surface area contributed by atoms with Crippen molar-refractivity contribution in [3.05, 3.63) is 10.6 Å². The van der Waals surface area contributed by atoms with Crippen molar-refractivity contribution in [3.63, 3.8) is 0 Å². The lowest BCUT2D eigenvalue weighted by Gasteiger charge is -2.04. The van der Waals surface area contributed by atoms with E-state index in [2.05, 4.69) is 14.4 Å². The zero-order valence-electron chi connectivity index (χ0n) is 8.99. The van der Waals surface area contributed by atoms with Crippen LogP contribution in [0.1, 0.15) is 23.9 Å². The summed E-state index contributed by atoms with van der Waals surface area (Å²) in [6, 6.07) is 0. The van der Waals surface area contributed by atoms with Crippen LogP contribution in [0.25, 0.3) is 0 Å². The normalized spacial score (nSPS) is 11.7. The quantitative estimate of drug-likeness (QED) is 0.829. The van der Waals surface area contributed by atoms with Gasteiger partial charge in [0.1, 0.15) is 0 Å². The average molecular weight is 249 g/mol. The zero-order valence-corrected chi connectivity index (χ0v) is 10.6. The largest absolute Gasteiger partial charge is 0.300 e. The first-order valence-electron chi connectivity index (χ1n) is 4.66. The van der Waals surface area contributed by atoms with Crippen molar-refractivity contribution in [2.75, 3.05) is 11.3 Å². The van der Waals surface area contributed by atoms with Crippen LogP contribution in [-0.2, 0) is 10.2 Å². The zero-order chi connectivity index (χ0) is 11.5. The van der Waals surface area contributed by atoms with Crippen LogP contribution in [0.3, 0.4) is 0 Å². The first-order valence-corrected chi connectivity index (χ1v) is 6.96. The Kier molecular flexibility index (Phi) is 4.06. The Bertz CT molecular complexity index is 406. The summed E-state index contributed by atoms with van der Waals surface area (Å²) in [5, 5.41) is 0.411. The van der Waals surface area contributed by atoms with E-state index in [-0.39, 0.29) is 0 Å². The van der Waals surface area contributed by atoms with Crippen LogP contribution < -0.4 is 9.44 Å². The number of hydrogen-bond acceptors (Lipinski definition) is 4. The van der Waals surface area contributed by atoms with Gasteiger partial charge in [-0.25, -0.2) is 9.71 Å². The monoisotopic (exact) mass is 249 g/mol. The molecule has 0 spiro atoms. The summed E-state index contributed by atoms with van der Waals surface area (Å²) in [6.45, 7) is 6.09. The number of thiazole rings is 1. The van der Waals surface area contributed by atoms with Crippen molar-refractivity contribution >= 4 is 26.7 Å². The SMILES string of the molecule is CCCNS(=O)(=O)Nc1nc(C)c(C)s1. The van der Waals surface area contributed by atoms with Gasteiger partial charge in [0.2, 0.25) is 0 Å². The highest BCUT2D eigenvalue weighted by Crippen LogP contribution is 2.21. The molecule has 0 radical (unpaired) electrons. The van der Waals surface area contributed by atoms with Gasteiger partial charge in [-0.05, 0) is 20.3 Å². The molecule has 0 fully saturated rings. The summed E-state index contributed by atoms with van der Waals surface area (Å²) in [4.78, 5) is 5.11. The van der Waals surface area contributed by atoms with Crippen LogP contribution in [0.2, 0.25) is 0 Å². The Labute approximate surface area is 94.1 Å². The van der Waals surface area contributed by atoms with E-state index >= 15 is 0 Å². The molecule has 0 amide bonds. The third-order valence-electron chi connectivity index (χ3n) is 1.79. The van der Waals surface area contributed by atoms with Crippen LogP contribution in [0, 0.1) is 13.8 Å². The van der Waals surface area contributed by atoms with E-state index in [9.17, 15) is 8.42 Å². The molecule has 5 nitrogen and oxygen atoms in total. The van der Waals surface area contributed by atoms with Crippen molar-refractivity contribution in [3.8, 4) is 0 Å². The Morgan fingerprint density at radius 2 is 2.07 bits per heavy atom. The van der Waals surface area contributed by atoms with E-state index in [1.165, 1.54) is 11.3 Å². The molecule has 0 aliphatic carbocycles. The number of aryl methyl sites for hydroxylation is 2. The predicted molar refractivity (Wildman–Crippen MR) is 62.4 cm³/mol. The maximum atomic E-state index is 11.4. The standard InChI is InChI=1S/C8H15N3O2S2/c1-4-5-9-15(12,13)11-8-10-6(2)7(3)14-8/h9H,4-5H2,1-3H3,(H,10,11). The van der Waals surface area contributed by atoms with Crippen molar-refractivity contribution < 1.29 is 8.42 Å². The van der Waals surface area contributed by atoms with Crippen LogP contribution >= 0.6 is 11.3 Å². The maximum absolute atomic E-state index is 11.4. The van der Waals surface area contributed by atoms with E-state index in [0.717, 1.165) is 17.0 Å². The maximum Gasteiger partial charge on any atom is 0.300 e. The molecule has 15 heavy (non-hydrogen) atoms. The molecular formula is C8H15N3O2S2. The fourth-order valence-corrected chi connectivity index (χ4v) is 2.89. The lowest BCUT2D eigenvalue weighted by molar-refractivity contribution is 0.586. The van der Waals surface area contributed by atoms with Gasteiger partial charge in [0.05, 0.1) is 5.69 Å². The second-order valence-electron chi connectivity index (χ2n) is 3.16. The van der Waals surface area contributed by atoms with Crippen LogP contribution in [0.15, 0.2) is 0 Å². The highest BCUT2D eigenvalue weighted by molar-refractivity contribution is 7.91. The lowest BCUT2D eigenvalue weighted by Crippen LogP contribution is -2.30. The average Bonchev–Trinajstić information content (AvgIpc) is 2.41. The molecule has 86 valence electrons. The van der Waals surface area contributed by atoms with Gasteiger partial charge in [-0.2, -0.15) is 13.1 Å². The Balaban J connectivity index is 2.69. The fraction of sp³-hybridized carbons (Fsp3) is 0.625. The number of nitrogens with zero attached hydrogens (tertiary/aromatic N) is 1. The van der Waals surface area contributed by atoms with Gasteiger partial charge >= 0.3 is 10.2 Å². The van der Waals surface area contributed by atoms with Crippen LogP contribution in [-0.4, -0.2) is 19.9 Å². The summed E-state index contributed by atoms with van der Waals surface area (Å²) >= 11 is 1.33. The molecule has 0 atom stereocenters. The Hall–Kier alpha value is -0.660.